The lowest BCUT2D eigenvalue weighted by Gasteiger charge is -2.44. The minimum Gasteiger partial charge on any atom is -0.371 e. The molecule has 1 aliphatic rings. The van der Waals surface area contributed by atoms with Crippen molar-refractivity contribution < 1.29 is 0 Å². The van der Waals surface area contributed by atoms with Crippen LogP contribution in [0, 0.1) is 0 Å². The van der Waals surface area contributed by atoms with Crippen molar-refractivity contribution in [2.45, 2.75) is 58.2 Å². The molecular weight excluding hydrogens is 334 g/mol. The molecule has 26 heavy (non-hydrogen) atoms. The number of anilines is 1. The maximum absolute atomic E-state index is 2.77. The van der Waals surface area contributed by atoms with Crippen LogP contribution in [-0.2, 0) is 0 Å². The zero-order valence-corrected chi connectivity index (χ0v) is 18.8. The van der Waals surface area contributed by atoms with Crippen LogP contribution in [0.4, 0.5) is 5.69 Å². The monoisotopic (exact) mass is 371 g/mol. The lowest BCUT2D eigenvalue weighted by molar-refractivity contribution is 0.313. The van der Waals surface area contributed by atoms with Crippen LogP contribution in [0.15, 0.2) is 30.5 Å². The SMILES string of the molecule is CC(C)[Si](C(C)C)(C(C)C)n1cc(N2CCN(C)CC2)c2ccccc21. The van der Waals surface area contributed by atoms with Crippen LogP contribution < -0.4 is 4.90 Å². The summed E-state index contributed by atoms with van der Waals surface area (Å²) in [5, 5.41) is 1.44. The summed E-state index contributed by atoms with van der Waals surface area (Å²) in [5.74, 6) is 0. The van der Waals surface area contributed by atoms with Gasteiger partial charge in [-0.25, -0.2) is 0 Å². The van der Waals surface area contributed by atoms with E-state index in [4.69, 9.17) is 0 Å². The summed E-state index contributed by atoms with van der Waals surface area (Å²) < 4.78 is 2.77. The Hall–Kier alpha value is -1.26. The first-order valence-electron chi connectivity index (χ1n) is 10.3. The minimum atomic E-state index is -1.74. The predicted octanol–water partition coefficient (Wildman–Crippen LogP) is 5.42. The van der Waals surface area contributed by atoms with E-state index in [2.05, 4.69) is 93.1 Å². The van der Waals surface area contributed by atoms with Crippen molar-refractivity contribution in [2.24, 2.45) is 0 Å². The molecule has 2 heterocycles. The molecule has 144 valence electrons. The highest BCUT2D eigenvalue weighted by molar-refractivity contribution is 6.82. The number of likely N-dealkylation sites (N-methyl/N-ethyl adjacent to an activating group) is 1. The van der Waals surface area contributed by atoms with Gasteiger partial charge >= 0.3 is 0 Å². The van der Waals surface area contributed by atoms with E-state index in [1.165, 1.54) is 16.6 Å². The van der Waals surface area contributed by atoms with Crippen molar-refractivity contribution in [2.75, 3.05) is 38.1 Å². The van der Waals surface area contributed by atoms with Crippen LogP contribution in [0.5, 0.6) is 0 Å². The second kappa shape index (κ2) is 7.39. The molecule has 0 saturated carbocycles. The summed E-state index contributed by atoms with van der Waals surface area (Å²) in [7, 11) is 0.486. The van der Waals surface area contributed by atoms with Crippen LogP contribution >= 0.6 is 0 Å². The van der Waals surface area contributed by atoms with Gasteiger partial charge in [0.05, 0.1) is 5.69 Å². The van der Waals surface area contributed by atoms with Crippen LogP contribution in [0.25, 0.3) is 10.9 Å². The van der Waals surface area contributed by atoms with Gasteiger partial charge in [-0.05, 0) is 29.7 Å². The molecule has 3 nitrogen and oxygen atoms in total. The van der Waals surface area contributed by atoms with E-state index >= 15 is 0 Å². The third-order valence-electron chi connectivity index (χ3n) is 6.73. The fourth-order valence-corrected chi connectivity index (χ4v) is 12.2. The van der Waals surface area contributed by atoms with Crippen molar-refractivity contribution >= 4 is 24.8 Å². The number of hydrogen-bond acceptors (Lipinski definition) is 2. The number of aromatic nitrogens is 1. The molecule has 1 aromatic carbocycles. The summed E-state index contributed by atoms with van der Waals surface area (Å²) in [5.41, 5.74) is 5.02. The molecule has 3 rings (SSSR count). The minimum absolute atomic E-state index is 0.707. The Morgan fingerprint density at radius 1 is 0.808 bits per heavy atom. The maximum atomic E-state index is 2.77. The molecule has 1 aromatic heterocycles. The molecule has 2 aromatic rings. The highest BCUT2D eigenvalue weighted by atomic mass is 28.3. The zero-order valence-electron chi connectivity index (χ0n) is 17.8. The zero-order chi connectivity index (χ0) is 19.1. The van der Waals surface area contributed by atoms with Gasteiger partial charge in [-0.1, -0.05) is 59.7 Å². The molecule has 0 bridgehead atoms. The van der Waals surface area contributed by atoms with E-state index in [-0.39, 0.29) is 0 Å². The molecule has 0 atom stereocenters. The number of rotatable bonds is 5. The second-order valence-corrected chi connectivity index (χ2v) is 14.8. The number of benzene rings is 1. The highest BCUT2D eigenvalue weighted by Gasteiger charge is 2.46. The summed E-state index contributed by atoms with van der Waals surface area (Å²) in [6, 6.07) is 9.10. The topological polar surface area (TPSA) is 11.4 Å². The van der Waals surface area contributed by atoms with Gasteiger partial charge in [-0.15, -0.1) is 0 Å². The Morgan fingerprint density at radius 3 is 1.88 bits per heavy atom. The Bertz CT molecular complexity index is 717. The molecule has 1 saturated heterocycles. The maximum Gasteiger partial charge on any atom is 0.169 e. The molecule has 1 aliphatic heterocycles. The fraction of sp³-hybridized carbons (Fsp3) is 0.636. The summed E-state index contributed by atoms with van der Waals surface area (Å²) >= 11 is 0. The van der Waals surface area contributed by atoms with E-state index < -0.39 is 8.24 Å². The standard InChI is InChI=1S/C22H37N3Si/c1-17(2)26(18(3)4,19(5)6)25-16-22(20-10-8-9-11-21(20)25)24-14-12-23(7)13-15-24/h8-11,16-19H,12-15H2,1-7H3. The summed E-state index contributed by atoms with van der Waals surface area (Å²) in [4.78, 5) is 5.05. The number of hydrogen-bond donors (Lipinski definition) is 0. The normalized spacial score (nSPS) is 17.2. The van der Waals surface area contributed by atoms with Gasteiger partial charge in [0.15, 0.2) is 8.24 Å². The first kappa shape index (κ1) is 19.5. The van der Waals surface area contributed by atoms with Crippen LogP contribution in [0.3, 0.4) is 0 Å². The number of nitrogens with zero attached hydrogens (tertiary/aromatic N) is 3. The van der Waals surface area contributed by atoms with Gasteiger partial charge in [0.2, 0.25) is 0 Å². The molecule has 1 fully saturated rings. The summed E-state index contributed by atoms with van der Waals surface area (Å²) in [6.45, 7) is 19.3. The Balaban J connectivity index is 2.20. The van der Waals surface area contributed by atoms with E-state index in [0.717, 1.165) is 26.2 Å². The van der Waals surface area contributed by atoms with E-state index in [0.29, 0.717) is 16.6 Å². The first-order chi connectivity index (χ1) is 12.3. The summed E-state index contributed by atoms with van der Waals surface area (Å²) in [6.07, 6.45) is 2.53. The van der Waals surface area contributed by atoms with Crippen molar-refractivity contribution in [1.29, 1.82) is 0 Å². The Labute approximate surface area is 161 Å². The third-order valence-corrected chi connectivity index (χ3v) is 13.5. The van der Waals surface area contributed by atoms with Gasteiger partial charge in [0.25, 0.3) is 0 Å². The Kier molecular flexibility index (Phi) is 5.55. The first-order valence-corrected chi connectivity index (χ1v) is 12.5. The molecule has 4 heteroatoms. The van der Waals surface area contributed by atoms with Crippen molar-refractivity contribution in [3.8, 4) is 0 Å². The molecule has 0 unspecified atom stereocenters. The lowest BCUT2D eigenvalue weighted by atomic mass is 10.2. The third kappa shape index (κ3) is 3.01. The number of para-hydroxylation sites is 1. The quantitative estimate of drug-likeness (QED) is 0.650. The lowest BCUT2D eigenvalue weighted by Crippen LogP contribution is -2.51. The molecule has 0 N–H and O–H groups in total. The van der Waals surface area contributed by atoms with Gasteiger partial charge in [-0.3, -0.25) is 0 Å². The van der Waals surface area contributed by atoms with Crippen molar-refractivity contribution in [3.63, 3.8) is 0 Å². The van der Waals surface area contributed by atoms with Crippen LogP contribution in [0.2, 0.25) is 16.6 Å². The molecule has 0 amide bonds. The van der Waals surface area contributed by atoms with Crippen LogP contribution in [-0.4, -0.2) is 50.6 Å². The van der Waals surface area contributed by atoms with Crippen LogP contribution in [0.1, 0.15) is 41.5 Å². The predicted molar refractivity (Wildman–Crippen MR) is 118 cm³/mol. The van der Waals surface area contributed by atoms with Gasteiger partial charge in [0.1, 0.15) is 0 Å². The smallest absolute Gasteiger partial charge is 0.169 e. The van der Waals surface area contributed by atoms with E-state index in [9.17, 15) is 0 Å². The highest BCUT2D eigenvalue weighted by Crippen LogP contribution is 2.46. The average Bonchev–Trinajstić information content (AvgIpc) is 2.95. The van der Waals surface area contributed by atoms with E-state index in [1.807, 2.05) is 0 Å². The van der Waals surface area contributed by atoms with Gasteiger partial charge in [0, 0.05) is 43.3 Å². The molecule has 0 radical (unpaired) electrons. The van der Waals surface area contributed by atoms with Crippen molar-refractivity contribution in [1.82, 2.24) is 9.13 Å². The largest absolute Gasteiger partial charge is 0.371 e. The van der Waals surface area contributed by atoms with Gasteiger partial charge < -0.3 is 14.0 Å². The molecular formula is C22H37N3Si. The average molecular weight is 372 g/mol. The Morgan fingerprint density at radius 2 is 1.35 bits per heavy atom. The van der Waals surface area contributed by atoms with Gasteiger partial charge in [-0.2, -0.15) is 0 Å². The fourth-order valence-electron chi connectivity index (χ4n) is 5.62. The van der Waals surface area contributed by atoms with Crippen molar-refractivity contribution in [3.05, 3.63) is 30.5 Å². The number of fused-ring (bicyclic) bond motifs is 1. The number of piperazine rings is 1. The molecule has 0 spiro atoms. The molecule has 0 aliphatic carbocycles. The van der Waals surface area contributed by atoms with E-state index in [1.54, 1.807) is 0 Å². The second-order valence-electron chi connectivity index (χ2n) is 9.04.